The summed E-state index contributed by atoms with van der Waals surface area (Å²) in [5.41, 5.74) is 5.39. The third-order valence-electron chi connectivity index (χ3n) is 5.84. The Morgan fingerprint density at radius 1 is 1.14 bits per heavy atom. The average molecular weight is 550 g/mol. The van der Waals surface area contributed by atoms with Gasteiger partial charge in [0.05, 0.1) is 28.3 Å². The maximum absolute atomic E-state index is 13.5. The maximum Gasteiger partial charge on any atom is 0.416 e. The van der Waals surface area contributed by atoms with E-state index in [0.29, 0.717) is 11.4 Å². The van der Waals surface area contributed by atoms with Crippen LogP contribution in [0.25, 0.3) is 0 Å². The van der Waals surface area contributed by atoms with Crippen LogP contribution in [-0.4, -0.2) is 26.8 Å². The van der Waals surface area contributed by atoms with Gasteiger partial charge in [-0.1, -0.05) is 18.2 Å². The number of aryl methyl sites for hydroxylation is 1. The molecule has 2 aromatic carbocycles. The number of primary amides is 1. The Morgan fingerprint density at radius 2 is 1.86 bits per heavy atom. The largest absolute Gasteiger partial charge is 0.416 e. The fraction of sp³-hybridized carbons (Fsp3) is 0.200. The van der Waals surface area contributed by atoms with Crippen molar-refractivity contribution in [3.05, 3.63) is 88.3 Å². The van der Waals surface area contributed by atoms with E-state index in [9.17, 15) is 31.2 Å². The van der Waals surface area contributed by atoms with Gasteiger partial charge >= 0.3 is 6.18 Å². The molecular weight excluding hydrogens is 527 g/mol. The smallest absolute Gasteiger partial charge is 0.365 e. The number of nitrogens with one attached hydrogen (secondary N) is 1. The Bertz CT molecular complexity index is 1500. The number of halogens is 3. The summed E-state index contributed by atoms with van der Waals surface area (Å²) in [6, 6.07) is 9.04. The molecule has 0 bridgehead atoms. The average Bonchev–Trinajstić information content (AvgIpc) is 3.42. The second kappa shape index (κ2) is 10.0. The number of carbonyl (C=O) groups is 2. The summed E-state index contributed by atoms with van der Waals surface area (Å²) in [5.74, 6) is -1.32. The van der Waals surface area contributed by atoms with E-state index >= 15 is 0 Å². The first-order valence-corrected chi connectivity index (χ1v) is 13.4. The quantitative estimate of drug-likeness (QED) is 0.386. The van der Waals surface area contributed by atoms with E-state index in [2.05, 4.69) is 11.9 Å². The molecule has 0 unspecified atom stereocenters. The molecule has 12 heteroatoms. The van der Waals surface area contributed by atoms with Gasteiger partial charge in [-0.3, -0.25) is 13.9 Å². The molecule has 0 atom stereocenters. The van der Waals surface area contributed by atoms with E-state index in [1.54, 1.807) is 0 Å². The van der Waals surface area contributed by atoms with Gasteiger partial charge in [0.1, 0.15) is 5.00 Å². The van der Waals surface area contributed by atoms with Crippen molar-refractivity contribution in [2.24, 2.45) is 5.73 Å². The zero-order valence-electron chi connectivity index (χ0n) is 19.3. The first-order chi connectivity index (χ1) is 17.4. The minimum Gasteiger partial charge on any atom is -0.365 e. The van der Waals surface area contributed by atoms with Gasteiger partial charge in [0.25, 0.3) is 21.8 Å². The van der Waals surface area contributed by atoms with E-state index in [1.807, 2.05) is 0 Å². The number of nitrogens with zero attached hydrogens (tertiary/aromatic N) is 1. The minimum atomic E-state index is -4.66. The highest BCUT2D eigenvalue weighted by Gasteiger charge is 2.33. The second-order valence-electron chi connectivity index (χ2n) is 8.28. The highest BCUT2D eigenvalue weighted by molar-refractivity contribution is 7.92. The van der Waals surface area contributed by atoms with Crippen LogP contribution in [0.5, 0.6) is 0 Å². The predicted octanol–water partition coefficient (Wildman–Crippen LogP) is 4.99. The topological polar surface area (TPSA) is 110 Å². The number of amides is 2. The van der Waals surface area contributed by atoms with Crippen molar-refractivity contribution >= 4 is 43.9 Å². The van der Waals surface area contributed by atoms with Crippen LogP contribution in [-0.2, 0) is 29.0 Å². The van der Waals surface area contributed by atoms with Gasteiger partial charge in [-0.2, -0.15) is 13.2 Å². The summed E-state index contributed by atoms with van der Waals surface area (Å²) in [6.07, 6.45) is -1.07. The zero-order chi connectivity index (χ0) is 27.0. The van der Waals surface area contributed by atoms with E-state index in [0.717, 1.165) is 51.9 Å². The number of nitrogens with two attached hydrogens (primary N) is 1. The number of rotatable bonds is 8. The Labute approximate surface area is 215 Å². The van der Waals surface area contributed by atoms with Gasteiger partial charge in [-0.25, -0.2) is 8.42 Å². The molecule has 194 valence electrons. The summed E-state index contributed by atoms with van der Waals surface area (Å²) >= 11 is 1.26. The molecule has 1 aliphatic carbocycles. The minimum absolute atomic E-state index is 0.0207. The molecule has 0 saturated carbocycles. The lowest BCUT2D eigenvalue weighted by atomic mass is 10.1. The van der Waals surface area contributed by atoms with Crippen LogP contribution >= 0.6 is 11.3 Å². The molecule has 3 aromatic rings. The van der Waals surface area contributed by atoms with Crippen molar-refractivity contribution in [3.8, 4) is 0 Å². The Balaban J connectivity index is 1.67. The lowest BCUT2D eigenvalue weighted by Gasteiger charge is -2.24. The van der Waals surface area contributed by atoms with Crippen LogP contribution in [0.4, 0.5) is 23.9 Å². The summed E-state index contributed by atoms with van der Waals surface area (Å²) in [4.78, 5) is 25.7. The molecule has 0 fully saturated rings. The summed E-state index contributed by atoms with van der Waals surface area (Å²) < 4.78 is 67.4. The monoisotopic (exact) mass is 549 g/mol. The molecule has 37 heavy (non-hydrogen) atoms. The fourth-order valence-electron chi connectivity index (χ4n) is 4.15. The van der Waals surface area contributed by atoms with Gasteiger partial charge in [0.2, 0.25) is 0 Å². The standard InChI is InChI=1S/C25H22F3N3O4S2/c1-2-12-31(17-8-4-7-16(14-17)25(26,27)28)37(34,35)18-9-3-6-15(13-18)23(33)30-24-21(22(29)32)19-10-5-11-20(19)36-24/h2-4,6-9,13-14H,1,5,10-12H2,(H2,29,32)(H,30,33). The molecule has 1 aliphatic rings. The molecule has 3 N–H and O–H groups in total. The van der Waals surface area contributed by atoms with Gasteiger partial charge in [0, 0.05) is 10.4 Å². The van der Waals surface area contributed by atoms with Crippen molar-refractivity contribution in [2.45, 2.75) is 30.3 Å². The maximum atomic E-state index is 13.5. The van der Waals surface area contributed by atoms with E-state index < -0.39 is 33.6 Å². The second-order valence-corrected chi connectivity index (χ2v) is 11.2. The highest BCUT2D eigenvalue weighted by Crippen LogP contribution is 2.39. The molecule has 2 amide bonds. The number of fused-ring (bicyclic) bond motifs is 1. The number of hydrogen-bond donors (Lipinski definition) is 2. The molecule has 7 nitrogen and oxygen atoms in total. The number of alkyl halides is 3. The Hall–Kier alpha value is -3.64. The molecule has 1 heterocycles. The first kappa shape index (κ1) is 26.4. The van der Waals surface area contributed by atoms with Crippen molar-refractivity contribution < 1.29 is 31.2 Å². The number of carbonyl (C=O) groups excluding carboxylic acids is 2. The number of sulfonamides is 1. The molecule has 0 saturated heterocycles. The zero-order valence-corrected chi connectivity index (χ0v) is 21.0. The summed E-state index contributed by atoms with van der Waals surface area (Å²) in [5, 5.41) is 2.95. The van der Waals surface area contributed by atoms with Crippen LogP contribution in [0.15, 0.2) is 66.1 Å². The van der Waals surface area contributed by atoms with Crippen LogP contribution in [0.1, 0.15) is 43.1 Å². The Morgan fingerprint density at radius 3 is 2.54 bits per heavy atom. The van der Waals surface area contributed by atoms with Gasteiger partial charge in [0.15, 0.2) is 0 Å². The van der Waals surface area contributed by atoms with Crippen LogP contribution in [0.2, 0.25) is 0 Å². The van der Waals surface area contributed by atoms with Gasteiger partial charge in [-0.05, 0) is 61.2 Å². The van der Waals surface area contributed by atoms with Gasteiger partial charge in [-0.15, -0.1) is 17.9 Å². The number of hydrogen-bond acceptors (Lipinski definition) is 5. The van der Waals surface area contributed by atoms with Crippen molar-refractivity contribution in [1.82, 2.24) is 0 Å². The number of benzene rings is 2. The molecule has 0 spiro atoms. The third kappa shape index (κ3) is 5.25. The Kier molecular flexibility index (Phi) is 7.16. The molecule has 0 aliphatic heterocycles. The van der Waals surface area contributed by atoms with Crippen molar-refractivity contribution in [2.75, 3.05) is 16.2 Å². The summed E-state index contributed by atoms with van der Waals surface area (Å²) in [6.45, 7) is 3.21. The number of anilines is 2. The van der Waals surface area contributed by atoms with Crippen molar-refractivity contribution in [1.29, 1.82) is 0 Å². The lowest BCUT2D eigenvalue weighted by Crippen LogP contribution is -2.31. The number of thiophene rings is 1. The summed E-state index contributed by atoms with van der Waals surface area (Å²) in [7, 11) is -4.38. The highest BCUT2D eigenvalue weighted by atomic mass is 32.2. The van der Waals surface area contributed by atoms with Crippen LogP contribution in [0, 0.1) is 0 Å². The van der Waals surface area contributed by atoms with Gasteiger partial charge < -0.3 is 11.1 Å². The fourth-order valence-corrected chi connectivity index (χ4v) is 6.91. The third-order valence-corrected chi connectivity index (χ3v) is 8.83. The first-order valence-electron chi connectivity index (χ1n) is 11.1. The normalized spacial score (nSPS) is 13.2. The van der Waals surface area contributed by atoms with E-state index in [4.69, 9.17) is 5.73 Å². The predicted molar refractivity (Wildman–Crippen MR) is 135 cm³/mol. The molecular formula is C25H22F3N3O4S2. The lowest BCUT2D eigenvalue weighted by molar-refractivity contribution is -0.137. The van der Waals surface area contributed by atoms with E-state index in [1.165, 1.54) is 41.7 Å². The molecule has 4 rings (SSSR count). The van der Waals surface area contributed by atoms with Crippen LogP contribution in [0.3, 0.4) is 0 Å². The molecule has 1 aromatic heterocycles. The van der Waals surface area contributed by atoms with Crippen molar-refractivity contribution in [3.63, 3.8) is 0 Å². The van der Waals surface area contributed by atoms with E-state index in [-0.39, 0.29) is 28.3 Å². The SMILES string of the molecule is C=CCN(c1cccc(C(F)(F)F)c1)S(=O)(=O)c1cccc(C(=O)Nc2sc3c(c2C(N)=O)CCC3)c1. The van der Waals surface area contributed by atoms with Crippen LogP contribution < -0.4 is 15.4 Å². The molecule has 0 radical (unpaired) electrons.